The van der Waals surface area contributed by atoms with Crippen molar-refractivity contribution in [1.82, 2.24) is 4.98 Å². The lowest BCUT2D eigenvalue weighted by molar-refractivity contribution is 0.563. The molecule has 3 aromatic carbocycles. The van der Waals surface area contributed by atoms with Crippen LogP contribution < -0.4 is 11.1 Å². The van der Waals surface area contributed by atoms with Gasteiger partial charge in [0.15, 0.2) is 10.7 Å². The number of hydrogen-bond donors (Lipinski definition) is 1. The van der Waals surface area contributed by atoms with Crippen LogP contribution in [0.25, 0.3) is 33.0 Å². The van der Waals surface area contributed by atoms with Gasteiger partial charge in [0.05, 0.1) is 16.9 Å². The Morgan fingerprint density at radius 1 is 1.03 bits per heavy atom. The van der Waals surface area contributed by atoms with E-state index < -0.39 is 5.63 Å². The van der Waals surface area contributed by atoms with Crippen molar-refractivity contribution in [3.05, 3.63) is 93.6 Å². The number of hydrazone groups is 1. The molecule has 0 aliphatic rings. The van der Waals surface area contributed by atoms with Gasteiger partial charge in [-0.05, 0) is 35.0 Å². The maximum absolute atomic E-state index is 12.6. The molecule has 148 valence electrons. The summed E-state index contributed by atoms with van der Waals surface area (Å²) in [5, 5.41) is 18.7. The number of anilines is 1. The second-order valence-electron chi connectivity index (χ2n) is 6.73. The Hall–Kier alpha value is -4.28. The largest absolute Gasteiger partial charge is 0.422 e. The number of rotatable bonds is 4. The van der Waals surface area contributed by atoms with Crippen LogP contribution in [0.3, 0.4) is 0 Å². The molecule has 2 heterocycles. The van der Waals surface area contributed by atoms with Crippen LogP contribution >= 0.6 is 11.3 Å². The molecule has 6 nitrogen and oxygen atoms in total. The predicted octanol–water partition coefficient (Wildman–Crippen LogP) is 5.41. The summed E-state index contributed by atoms with van der Waals surface area (Å²) in [6.07, 6.45) is 0. The van der Waals surface area contributed by atoms with Crippen LogP contribution in [0.2, 0.25) is 0 Å². The quantitative estimate of drug-likeness (QED) is 0.181. The molecular weight excluding hydrogens is 408 g/mol. The van der Waals surface area contributed by atoms with E-state index in [4.69, 9.17) is 4.42 Å². The predicted molar refractivity (Wildman–Crippen MR) is 123 cm³/mol. The van der Waals surface area contributed by atoms with Crippen LogP contribution in [0.15, 0.2) is 92.5 Å². The Labute approximate surface area is 180 Å². The molecule has 0 amide bonds. The smallest absolute Gasteiger partial charge is 0.345 e. The van der Waals surface area contributed by atoms with E-state index in [1.54, 1.807) is 17.5 Å². The Kier molecular flexibility index (Phi) is 4.75. The summed E-state index contributed by atoms with van der Waals surface area (Å²) < 4.78 is 5.56. The highest BCUT2D eigenvalue weighted by atomic mass is 32.1. The Bertz CT molecular complexity index is 1550. The van der Waals surface area contributed by atoms with Gasteiger partial charge < -0.3 is 4.42 Å². The second-order valence-corrected chi connectivity index (χ2v) is 7.59. The van der Waals surface area contributed by atoms with Gasteiger partial charge in [-0.3, -0.25) is 5.43 Å². The van der Waals surface area contributed by atoms with Crippen LogP contribution in [0, 0.1) is 11.3 Å². The van der Waals surface area contributed by atoms with Crippen LogP contribution in [-0.4, -0.2) is 10.7 Å². The summed E-state index contributed by atoms with van der Waals surface area (Å²) >= 11 is 1.24. The number of aromatic nitrogens is 1. The van der Waals surface area contributed by atoms with Gasteiger partial charge >= 0.3 is 5.63 Å². The highest BCUT2D eigenvalue weighted by molar-refractivity contribution is 7.12. The minimum atomic E-state index is -0.475. The lowest BCUT2D eigenvalue weighted by Crippen LogP contribution is -2.04. The van der Waals surface area contributed by atoms with Gasteiger partial charge in [-0.15, -0.1) is 11.3 Å². The van der Waals surface area contributed by atoms with E-state index >= 15 is 0 Å². The SMILES string of the molecule is N#C/C(=N\Nc1ccccc1)c1nc(-c2cc3c(ccc4ccccc43)oc2=O)cs1. The average molecular weight is 422 g/mol. The number of nitriles is 1. The fraction of sp³-hybridized carbons (Fsp3) is 0. The molecule has 1 N–H and O–H groups in total. The molecule has 0 saturated carbocycles. The average Bonchev–Trinajstić information content (AvgIpc) is 3.29. The number of thiazole rings is 1. The molecule has 31 heavy (non-hydrogen) atoms. The van der Waals surface area contributed by atoms with Crippen molar-refractivity contribution >= 4 is 44.5 Å². The van der Waals surface area contributed by atoms with E-state index in [-0.39, 0.29) is 5.71 Å². The normalized spacial score (nSPS) is 11.5. The fourth-order valence-corrected chi connectivity index (χ4v) is 4.07. The van der Waals surface area contributed by atoms with Crippen molar-refractivity contribution in [3.8, 4) is 17.3 Å². The van der Waals surface area contributed by atoms with Gasteiger partial charge in [0, 0.05) is 10.8 Å². The number of fused-ring (bicyclic) bond motifs is 3. The zero-order valence-electron chi connectivity index (χ0n) is 16.1. The summed E-state index contributed by atoms with van der Waals surface area (Å²) in [6.45, 7) is 0. The highest BCUT2D eigenvalue weighted by Crippen LogP contribution is 2.28. The summed E-state index contributed by atoms with van der Waals surface area (Å²) in [7, 11) is 0. The van der Waals surface area contributed by atoms with Gasteiger partial charge in [-0.25, -0.2) is 9.78 Å². The number of benzene rings is 3. The minimum Gasteiger partial charge on any atom is -0.422 e. The first-order valence-corrected chi connectivity index (χ1v) is 10.3. The van der Waals surface area contributed by atoms with Gasteiger partial charge in [0.25, 0.3) is 0 Å². The van der Waals surface area contributed by atoms with Crippen molar-refractivity contribution in [1.29, 1.82) is 5.26 Å². The summed E-state index contributed by atoms with van der Waals surface area (Å²) in [5.41, 5.74) is 4.59. The lowest BCUT2D eigenvalue weighted by atomic mass is 10.0. The van der Waals surface area contributed by atoms with E-state index in [1.807, 2.05) is 60.7 Å². The molecule has 7 heteroatoms. The second kappa shape index (κ2) is 7.86. The number of hydrogen-bond acceptors (Lipinski definition) is 7. The first-order chi connectivity index (χ1) is 15.2. The first kappa shape index (κ1) is 18.7. The van der Waals surface area contributed by atoms with Crippen molar-refractivity contribution in [2.75, 3.05) is 5.43 Å². The summed E-state index contributed by atoms with van der Waals surface area (Å²) in [4.78, 5) is 17.1. The number of nitrogens with zero attached hydrogens (tertiary/aromatic N) is 3. The van der Waals surface area contributed by atoms with Gasteiger partial charge in [-0.1, -0.05) is 48.5 Å². The van der Waals surface area contributed by atoms with Gasteiger partial charge in [0.1, 0.15) is 11.7 Å². The number of para-hydroxylation sites is 1. The zero-order chi connectivity index (χ0) is 21.2. The third kappa shape index (κ3) is 3.56. The molecule has 0 fully saturated rings. The van der Waals surface area contributed by atoms with Crippen LogP contribution in [-0.2, 0) is 0 Å². The Morgan fingerprint density at radius 2 is 1.84 bits per heavy atom. The summed E-state index contributed by atoms with van der Waals surface area (Å²) in [5.74, 6) is 0. The van der Waals surface area contributed by atoms with E-state index in [0.717, 1.165) is 21.8 Å². The fourth-order valence-electron chi connectivity index (χ4n) is 3.31. The van der Waals surface area contributed by atoms with Crippen LogP contribution in [0.1, 0.15) is 5.01 Å². The molecule has 0 bridgehead atoms. The summed E-state index contributed by atoms with van der Waals surface area (Å²) in [6, 6.07) is 24.8. The Morgan fingerprint density at radius 3 is 2.68 bits per heavy atom. The van der Waals surface area contributed by atoms with Crippen molar-refractivity contribution in [2.45, 2.75) is 0 Å². The van der Waals surface area contributed by atoms with Crippen molar-refractivity contribution in [2.24, 2.45) is 5.10 Å². The van der Waals surface area contributed by atoms with E-state index in [1.165, 1.54) is 11.3 Å². The Balaban J connectivity index is 1.56. The van der Waals surface area contributed by atoms with Crippen molar-refractivity contribution in [3.63, 3.8) is 0 Å². The molecule has 0 aliphatic heterocycles. The molecule has 5 rings (SSSR count). The topological polar surface area (TPSA) is 91.3 Å². The van der Waals surface area contributed by atoms with Gasteiger partial charge in [0.2, 0.25) is 0 Å². The molecular formula is C24H14N4O2S. The molecule has 0 radical (unpaired) electrons. The van der Waals surface area contributed by atoms with E-state index in [0.29, 0.717) is 21.8 Å². The molecule has 0 unspecified atom stereocenters. The zero-order valence-corrected chi connectivity index (χ0v) is 16.9. The molecule has 0 atom stereocenters. The maximum Gasteiger partial charge on any atom is 0.345 e. The molecule has 5 aromatic rings. The molecule has 2 aromatic heterocycles. The maximum atomic E-state index is 12.6. The standard InChI is InChI=1S/C24H14N4O2S/c25-13-20(28-27-16-7-2-1-3-8-16)23-26-21(14-31-23)19-12-18-17-9-5-4-6-15(17)10-11-22(18)30-24(19)29/h1-12,14,27H/b28-20+. The number of nitrogens with one attached hydrogen (secondary N) is 1. The highest BCUT2D eigenvalue weighted by Gasteiger charge is 2.15. The van der Waals surface area contributed by atoms with Crippen LogP contribution in [0.5, 0.6) is 0 Å². The van der Waals surface area contributed by atoms with E-state index in [9.17, 15) is 10.1 Å². The molecule has 0 saturated heterocycles. The third-order valence-corrected chi connectivity index (χ3v) is 5.65. The lowest BCUT2D eigenvalue weighted by Gasteiger charge is -2.04. The van der Waals surface area contributed by atoms with Crippen LogP contribution in [0.4, 0.5) is 5.69 Å². The van der Waals surface area contributed by atoms with Gasteiger partial charge in [-0.2, -0.15) is 10.4 Å². The molecule has 0 spiro atoms. The van der Waals surface area contributed by atoms with E-state index in [2.05, 4.69) is 21.6 Å². The first-order valence-electron chi connectivity index (χ1n) is 9.43. The third-order valence-electron chi connectivity index (χ3n) is 4.80. The molecule has 0 aliphatic carbocycles. The minimum absolute atomic E-state index is 0.135. The monoisotopic (exact) mass is 422 g/mol. The van der Waals surface area contributed by atoms with Crippen molar-refractivity contribution < 1.29 is 4.42 Å².